The Morgan fingerprint density at radius 2 is 2.22 bits per heavy atom. The van der Waals surface area contributed by atoms with Crippen LogP contribution in [0.25, 0.3) is 10.2 Å². The topological polar surface area (TPSA) is 76.7 Å². The molecule has 7 heteroatoms. The Labute approximate surface area is 112 Å². The summed E-state index contributed by atoms with van der Waals surface area (Å²) >= 11 is 3.05. The lowest BCUT2D eigenvalue weighted by Gasteiger charge is -2.10. The standard InChI is InChI=1S/C11H11N5S2/c12-15-8(10-6-13-16-18-10)5-11-14-7-3-1-2-4-9(7)17-11/h1-4,6,8,15H,5,12H2. The van der Waals surface area contributed by atoms with Crippen LogP contribution in [0.1, 0.15) is 15.9 Å². The second-order valence-electron chi connectivity index (χ2n) is 3.82. The molecule has 0 saturated heterocycles. The van der Waals surface area contributed by atoms with Crippen LogP contribution in [0.3, 0.4) is 0 Å². The number of aromatic nitrogens is 3. The van der Waals surface area contributed by atoms with Crippen LogP contribution >= 0.6 is 22.9 Å². The first-order valence-corrected chi connectivity index (χ1v) is 7.03. The number of nitrogens with zero attached hydrogens (tertiary/aromatic N) is 3. The van der Waals surface area contributed by atoms with Crippen LogP contribution in [-0.2, 0) is 6.42 Å². The molecule has 1 aromatic carbocycles. The van der Waals surface area contributed by atoms with E-state index in [1.165, 1.54) is 16.2 Å². The Hall–Kier alpha value is -1.41. The number of fused-ring (bicyclic) bond motifs is 1. The summed E-state index contributed by atoms with van der Waals surface area (Å²) in [5, 5.41) is 4.89. The zero-order valence-electron chi connectivity index (χ0n) is 9.41. The average molecular weight is 277 g/mol. The van der Waals surface area contributed by atoms with E-state index in [4.69, 9.17) is 5.84 Å². The smallest absolute Gasteiger partial charge is 0.0958 e. The molecule has 0 saturated carbocycles. The molecule has 0 bridgehead atoms. The molecule has 0 radical (unpaired) electrons. The predicted octanol–water partition coefficient (Wildman–Crippen LogP) is 1.89. The van der Waals surface area contributed by atoms with Gasteiger partial charge in [-0.15, -0.1) is 16.4 Å². The van der Waals surface area contributed by atoms with Crippen LogP contribution in [0, 0.1) is 0 Å². The van der Waals surface area contributed by atoms with E-state index in [9.17, 15) is 0 Å². The number of benzene rings is 1. The summed E-state index contributed by atoms with van der Waals surface area (Å²) in [5.41, 5.74) is 3.83. The number of rotatable bonds is 4. The molecule has 1 atom stereocenters. The van der Waals surface area contributed by atoms with Crippen molar-refractivity contribution in [3.8, 4) is 0 Å². The van der Waals surface area contributed by atoms with Crippen LogP contribution in [0.15, 0.2) is 30.5 Å². The van der Waals surface area contributed by atoms with Crippen molar-refractivity contribution in [1.29, 1.82) is 0 Å². The number of para-hydroxylation sites is 1. The van der Waals surface area contributed by atoms with Crippen molar-refractivity contribution >= 4 is 33.1 Å². The number of hydrazine groups is 1. The van der Waals surface area contributed by atoms with E-state index in [0.29, 0.717) is 0 Å². The highest BCUT2D eigenvalue weighted by Crippen LogP contribution is 2.26. The summed E-state index contributed by atoms with van der Waals surface area (Å²) in [6.07, 6.45) is 2.49. The second kappa shape index (κ2) is 5.07. The van der Waals surface area contributed by atoms with Crippen LogP contribution in [0.4, 0.5) is 0 Å². The maximum atomic E-state index is 5.58. The molecular formula is C11H11N5S2. The lowest BCUT2D eigenvalue weighted by molar-refractivity contribution is 0.559. The van der Waals surface area contributed by atoms with Crippen LogP contribution in [0.2, 0.25) is 0 Å². The van der Waals surface area contributed by atoms with Gasteiger partial charge in [0.2, 0.25) is 0 Å². The maximum absolute atomic E-state index is 5.58. The molecule has 5 nitrogen and oxygen atoms in total. The molecule has 0 aliphatic carbocycles. The minimum absolute atomic E-state index is 0.0190. The monoisotopic (exact) mass is 277 g/mol. The zero-order chi connectivity index (χ0) is 12.4. The minimum Gasteiger partial charge on any atom is -0.271 e. The minimum atomic E-state index is 0.0190. The third kappa shape index (κ3) is 2.25. The van der Waals surface area contributed by atoms with Gasteiger partial charge in [-0.25, -0.2) is 4.98 Å². The number of nitrogens with one attached hydrogen (secondary N) is 1. The van der Waals surface area contributed by atoms with Crippen LogP contribution in [-0.4, -0.2) is 14.6 Å². The van der Waals surface area contributed by atoms with Gasteiger partial charge in [-0.2, -0.15) is 0 Å². The molecule has 0 fully saturated rings. The van der Waals surface area contributed by atoms with Gasteiger partial charge in [0.05, 0.1) is 32.3 Å². The summed E-state index contributed by atoms with van der Waals surface area (Å²) in [6.45, 7) is 0. The molecule has 0 aliphatic rings. The predicted molar refractivity (Wildman–Crippen MR) is 73.3 cm³/mol. The van der Waals surface area contributed by atoms with Crippen molar-refractivity contribution in [1.82, 2.24) is 20.0 Å². The molecule has 2 heterocycles. The zero-order valence-corrected chi connectivity index (χ0v) is 11.0. The van der Waals surface area contributed by atoms with Gasteiger partial charge in [0.1, 0.15) is 0 Å². The molecule has 3 rings (SSSR count). The first-order chi connectivity index (χ1) is 8.86. The SMILES string of the molecule is NNC(Cc1nc2ccccc2s1)c1cnns1. The molecule has 3 N–H and O–H groups in total. The fourth-order valence-corrected chi connectivity index (χ4v) is 3.33. The second-order valence-corrected chi connectivity index (χ2v) is 5.75. The van der Waals surface area contributed by atoms with Crippen molar-refractivity contribution < 1.29 is 0 Å². The molecule has 3 aromatic rings. The van der Waals surface area contributed by atoms with E-state index < -0.39 is 0 Å². The molecule has 0 aliphatic heterocycles. The quantitative estimate of drug-likeness (QED) is 0.562. The van der Waals surface area contributed by atoms with Crippen molar-refractivity contribution in [3.63, 3.8) is 0 Å². The molecule has 18 heavy (non-hydrogen) atoms. The molecule has 1 unspecified atom stereocenters. The van der Waals surface area contributed by atoms with Gasteiger partial charge >= 0.3 is 0 Å². The van der Waals surface area contributed by atoms with Crippen LogP contribution < -0.4 is 11.3 Å². The van der Waals surface area contributed by atoms with E-state index >= 15 is 0 Å². The van der Waals surface area contributed by atoms with Crippen LogP contribution in [0.5, 0.6) is 0 Å². The molecule has 0 spiro atoms. The summed E-state index contributed by atoms with van der Waals surface area (Å²) in [6, 6.07) is 8.14. The fraction of sp³-hybridized carbons (Fsp3) is 0.182. The Balaban J connectivity index is 1.86. The van der Waals surface area contributed by atoms with Gasteiger partial charge in [0.25, 0.3) is 0 Å². The third-order valence-electron chi connectivity index (χ3n) is 2.64. The lowest BCUT2D eigenvalue weighted by Crippen LogP contribution is -2.28. The van der Waals surface area contributed by atoms with Crippen molar-refractivity contribution in [2.24, 2.45) is 5.84 Å². The summed E-state index contributed by atoms with van der Waals surface area (Å²) in [7, 11) is 0. The Morgan fingerprint density at radius 3 is 2.94 bits per heavy atom. The van der Waals surface area contributed by atoms with E-state index in [1.807, 2.05) is 18.2 Å². The largest absolute Gasteiger partial charge is 0.271 e. The van der Waals surface area contributed by atoms with Gasteiger partial charge < -0.3 is 0 Å². The van der Waals surface area contributed by atoms with Crippen molar-refractivity contribution in [2.45, 2.75) is 12.5 Å². The van der Waals surface area contributed by atoms with Gasteiger partial charge in [-0.05, 0) is 23.7 Å². The Morgan fingerprint density at radius 1 is 1.33 bits per heavy atom. The van der Waals surface area contributed by atoms with Gasteiger partial charge in [0, 0.05) is 6.42 Å². The lowest BCUT2D eigenvalue weighted by atomic mass is 10.2. The van der Waals surface area contributed by atoms with Gasteiger partial charge in [-0.1, -0.05) is 16.6 Å². The Kier molecular flexibility index (Phi) is 3.28. The molecular weight excluding hydrogens is 266 g/mol. The normalized spacial score (nSPS) is 12.9. The number of thiazole rings is 1. The van der Waals surface area contributed by atoms with E-state index in [-0.39, 0.29) is 6.04 Å². The number of hydrogen-bond donors (Lipinski definition) is 2. The van der Waals surface area contributed by atoms with Gasteiger partial charge in [0.15, 0.2) is 0 Å². The summed E-state index contributed by atoms with van der Waals surface area (Å²) < 4.78 is 5.05. The summed E-state index contributed by atoms with van der Waals surface area (Å²) in [5.74, 6) is 5.58. The van der Waals surface area contributed by atoms with E-state index in [1.54, 1.807) is 17.5 Å². The summed E-state index contributed by atoms with van der Waals surface area (Å²) in [4.78, 5) is 5.62. The third-order valence-corrected chi connectivity index (χ3v) is 4.48. The van der Waals surface area contributed by atoms with Crippen molar-refractivity contribution in [3.05, 3.63) is 40.3 Å². The van der Waals surface area contributed by atoms with Gasteiger partial charge in [-0.3, -0.25) is 11.3 Å². The van der Waals surface area contributed by atoms with E-state index in [2.05, 4.69) is 26.1 Å². The fourth-order valence-electron chi connectivity index (χ4n) is 1.75. The first-order valence-electron chi connectivity index (χ1n) is 5.44. The first kappa shape index (κ1) is 11.7. The molecule has 2 aromatic heterocycles. The highest BCUT2D eigenvalue weighted by atomic mass is 32.1. The molecule has 92 valence electrons. The highest BCUT2D eigenvalue weighted by Gasteiger charge is 2.15. The molecule has 0 amide bonds. The highest BCUT2D eigenvalue weighted by molar-refractivity contribution is 7.18. The maximum Gasteiger partial charge on any atom is 0.0958 e. The van der Waals surface area contributed by atoms with Crippen molar-refractivity contribution in [2.75, 3.05) is 0 Å². The number of nitrogens with two attached hydrogens (primary N) is 1. The van der Waals surface area contributed by atoms with E-state index in [0.717, 1.165) is 21.8 Å². The number of hydrogen-bond acceptors (Lipinski definition) is 7. The Bertz CT molecular complexity index is 601. The average Bonchev–Trinajstić information content (AvgIpc) is 3.04.